The first-order valence-electron chi connectivity index (χ1n) is 9.87. The Balaban J connectivity index is 1.63. The Morgan fingerprint density at radius 3 is 2.56 bits per heavy atom. The van der Waals surface area contributed by atoms with Crippen molar-refractivity contribution in [2.45, 2.75) is 6.92 Å². The molecule has 4 rings (SSSR count). The third kappa shape index (κ3) is 4.18. The number of aromatic nitrogens is 1. The van der Waals surface area contributed by atoms with Crippen LogP contribution in [0.15, 0.2) is 78.4 Å². The van der Waals surface area contributed by atoms with E-state index in [-0.39, 0.29) is 17.3 Å². The van der Waals surface area contributed by atoms with Gasteiger partial charge in [0.05, 0.1) is 16.1 Å². The first-order valence-corrected chi connectivity index (χ1v) is 10.3. The molecule has 0 spiro atoms. The molecule has 0 atom stereocenters. The summed E-state index contributed by atoms with van der Waals surface area (Å²) in [6, 6.07) is 23.2. The van der Waals surface area contributed by atoms with Gasteiger partial charge in [0, 0.05) is 22.3 Å². The summed E-state index contributed by atoms with van der Waals surface area (Å²) in [6.45, 7) is 1.81. The molecule has 156 valence electrons. The van der Waals surface area contributed by atoms with Crippen LogP contribution in [0.5, 0.6) is 0 Å². The fourth-order valence-electron chi connectivity index (χ4n) is 3.57. The lowest BCUT2D eigenvalue weighted by atomic mass is 9.99. The van der Waals surface area contributed by atoms with Crippen LogP contribution in [0.1, 0.15) is 32.0 Å². The van der Waals surface area contributed by atoms with Crippen LogP contribution in [0, 0.1) is 18.3 Å². The third-order valence-electron chi connectivity index (χ3n) is 5.06. The predicted molar refractivity (Wildman–Crippen MR) is 127 cm³/mol. The Bertz CT molecular complexity index is 1430. The molecular formula is C26H18ClN3O2. The van der Waals surface area contributed by atoms with E-state index < -0.39 is 0 Å². The van der Waals surface area contributed by atoms with E-state index >= 15 is 0 Å². The maximum Gasteiger partial charge on any atom is 0.257 e. The quantitative estimate of drug-likeness (QED) is 0.221. The van der Waals surface area contributed by atoms with Crippen molar-refractivity contribution in [1.29, 1.82) is 5.26 Å². The smallest absolute Gasteiger partial charge is 0.257 e. The molecular weight excluding hydrogens is 422 g/mol. The van der Waals surface area contributed by atoms with Gasteiger partial charge in [-0.2, -0.15) is 5.26 Å². The van der Waals surface area contributed by atoms with Gasteiger partial charge in [-0.25, -0.2) is 0 Å². The average molecular weight is 440 g/mol. The molecule has 6 heteroatoms. The van der Waals surface area contributed by atoms with Gasteiger partial charge in [-0.15, -0.1) is 0 Å². The molecule has 0 fully saturated rings. The number of carbonyl (C=O) groups excluding carboxylic acids is 2. The Hall–Kier alpha value is -4.14. The normalized spacial score (nSPS) is 11.2. The SMILES string of the molecule is Cc1[nH]c2ccccc2c1C(=O)/C(C#N)=C/c1cccc(NC(=O)c2ccccc2Cl)c1. The molecule has 0 aliphatic rings. The third-order valence-corrected chi connectivity index (χ3v) is 5.39. The Labute approximate surface area is 190 Å². The second-order valence-corrected chi connectivity index (χ2v) is 7.64. The number of nitrogens with zero attached hydrogens (tertiary/aromatic N) is 1. The summed E-state index contributed by atoms with van der Waals surface area (Å²) in [6.07, 6.45) is 1.52. The zero-order chi connectivity index (χ0) is 22.7. The minimum atomic E-state index is -0.354. The number of anilines is 1. The Morgan fingerprint density at radius 1 is 1.03 bits per heavy atom. The average Bonchev–Trinajstić information content (AvgIpc) is 3.13. The summed E-state index contributed by atoms with van der Waals surface area (Å²) in [5, 5.41) is 13.6. The number of nitriles is 1. The summed E-state index contributed by atoms with van der Waals surface area (Å²) < 4.78 is 0. The van der Waals surface area contributed by atoms with Crippen molar-refractivity contribution in [1.82, 2.24) is 4.98 Å². The van der Waals surface area contributed by atoms with Gasteiger partial charge in [0.2, 0.25) is 5.78 Å². The lowest BCUT2D eigenvalue weighted by Crippen LogP contribution is -2.12. The van der Waals surface area contributed by atoms with E-state index in [1.54, 1.807) is 48.5 Å². The molecule has 5 nitrogen and oxygen atoms in total. The van der Waals surface area contributed by atoms with Crippen molar-refractivity contribution < 1.29 is 9.59 Å². The fraction of sp³-hybridized carbons (Fsp3) is 0.0385. The summed E-state index contributed by atoms with van der Waals surface area (Å²) in [5.41, 5.74) is 3.54. The van der Waals surface area contributed by atoms with Gasteiger partial charge >= 0.3 is 0 Å². The Morgan fingerprint density at radius 2 is 1.78 bits per heavy atom. The molecule has 4 aromatic rings. The number of fused-ring (bicyclic) bond motifs is 1. The monoisotopic (exact) mass is 439 g/mol. The molecule has 0 radical (unpaired) electrons. The van der Waals surface area contributed by atoms with Crippen LogP contribution in [0.25, 0.3) is 17.0 Å². The molecule has 2 N–H and O–H groups in total. The van der Waals surface area contributed by atoms with Gasteiger partial charge in [0.15, 0.2) is 0 Å². The first-order chi connectivity index (χ1) is 15.5. The number of allylic oxidation sites excluding steroid dienone is 1. The van der Waals surface area contributed by atoms with Gasteiger partial charge < -0.3 is 10.3 Å². The summed E-state index contributed by atoms with van der Waals surface area (Å²) in [7, 11) is 0. The molecule has 1 heterocycles. The van der Waals surface area contributed by atoms with Crippen molar-refractivity contribution >= 4 is 46.0 Å². The zero-order valence-corrected chi connectivity index (χ0v) is 17.9. The molecule has 0 bridgehead atoms. The summed E-state index contributed by atoms with van der Waals surface area (Å²) in [4.78, 5) is 28.9. The van der Waals surface area contributed by atoms with Crippen LogP contribution in [-0.4, -0.2) is 16.7 Å². The van der Waals surface area contributed by atoms with Gasteiger partial charge in [-0.1, -0.05) is 54.1 Å². The van der Waals surface area contributed by atoms with Crippen LogP contribution in [0.4, 0.5) is 5.69 Å². The van der Waals surface area contributed by atoms with Crippen LogP contribution in [0.2, 0.25) is 5.02 Å². The number of para-hydroxylation sites is 1. The molecule has 32 heavy (non-hydrogen) atoms. The van der Waals surface area contributed by atoms with Crippen molar-refractivity contribution in [3.05, 3.63) is 106 Å². The number of aromatic amines is 1. The number of halogens is 1. The van der Waals surface area contributed by atoms with E-state index in [4.69, 9.17) is 11.6 Å². The number of hydrogen-bond acceptors (Lipinski definition) is 3. The van der Waals surface area contributed by atoms with Crippen LogP contribution in [0.3, 0.4) is 0 Å². The van der Waals surface area contributed by atoms with E-state index in [2.05, 4.69) is 10.3 Å². The van der Waals surface area contributed by atoms with Crippen molar-refractivity contribution in [2.24, 2.45) is 0 Å². The number of hydrogen-bond donors (Lipinski definition) is 2. The van der Waals surface area contributed by atoms with Crippen LogP contribution >= 0.6 is 11.6 Å². The number of ketones is 1. The topological polar surface area (TPSA) is 85.8 Å². The van der Waals surface area contributed by atoms with Gasteiger partial charge in [-0.3, -0.25) is 9.59 Å². The maximum atomic E-state index is 13.2. The van der Waals surface area contributed by atoms with Crippen molar-refractivity contribution in [3.63, 3.8) is 0 Å². The van der Waals surface area contributed by atoms with E-state index in [1.165, 1.54) is 6.08 Å². The second-order valence-electron chi connectivity index (χ2n) is 7.23. The highest BCUT2D eigenvalue weighted by atomic mass is 35.5. The van der Waals surface area contributed by atoms with E-state index in [1.807, 2.05) is 37.3 Å². The number of nitrogens with one attached hydrogen (secondary N) is 2. The van der Waals surface area contributed by atoms with E-state index in [0.29, 0.717) is 33.1 Å². The first kappa shape index (κ1) is 21.1. The number of carbonyl (C=O) groups is 2. The minimum absolute atomic E-state index is 0.00688. The van der Waals surface area contributed by atoms with Gasteiger partial charge in [0.25, 0.3) is 5.91 Å². The highest BCUT2D eigenvalue weighted by molar-refractivity contribution is 6.34. The van der Waals surface area contributed by atoms with Crippen LogP contribution < -0.4 is 5.32 Å². The second kappa shape index (κ2) is 8.93. The highest BCUT2D eigenvalue weighted by Crippen LogP contribution is 2.26. The number of benzene rings is 3. The summed E-state index contributed by atoms with van der Waals surface area (Å²) >= 11 is 6.10. The molecule has 1 aromatic heterocycles. The molecule has 0 saturated heterocycles. The largest absolute Gasteiger partial charge is 0.358 e. The zero-order valence-electron chi connectivity index (χ0n) is 17.1. The number of H-pyrrole nitrogens is 1. The molecule has 1 amide bonds. The predicted octanol–water partition coefficient (Wildman–Crippen LogP) is 6.17. The van der Waals surface area contributed by atoms with E-state index in [9.17, 15) is 14.9 Å². The van der Waals surface area contributed by atoms with Gasteiger partial charge in [-0.05, 0) is 48.9 Å². The molecule has 0 aliphatic heterocycles. The molecule has 3 aromatic carbocycles. The number of amides is 1. The molecule has 0 aliphatic carbocycles. The number of rotatable bonds is 5. The lowest BCUT2D eigenvalue weighted by Gasteiger charge is -2.08. The fourth-order valence-corrected chi connectivity index (χ4v) is 3.79. The van der Waals surface area contributed by atoms with E-state index in [0.717, 1.165) is 10.9 Å². The van der Waals surface area contributed by atoms with Crippen molar-refractivity contribution in [2.75, 3.05) is 5.32 Å². The lowest BCUT2D eigenvalue weighted by molar-refractivity contribution is 0.102. The van der Waals surface area contributed by atoms with Crippen LogP contribution in [-0.2, 0) is 0 Å². The minimum Gasteiger partial charge on any atom is -0.358 e. The standard InChI is InChI=1S/C26H18ClN3O2/c1-16-24(21-10-3-5-12-23(21)29-16)25(31)18(15-28)13-17-7-6-8-19(14-17)30-26(32)20-9-2-4-11-22(20)27/h2-14,29H,1H3,(H,30,32)/b18-13+. The number of aryl methyl sites for hydroxylation is 1. The van der Waals surface area contributed by atoms with Crippen molar-refractivity contribution in [3.8, 4) is 6.07 Å². The Kier molecular flexibility index (Phi) is 5.89. The highest BCUT2D eigenvalue weighted by Gasteiger charge is 2.19. The number of Topliss-reactive ketones (excluding diaryl/α,β-unsaturated/α-hetero) is 1. The molecule has 0 unspecified atom stereocenters. The maximum absolute atomic E-state index is 13.2. The van der Waals surface area contributed by atoms with Gasteiger partial charge in [0.1, 0.15) is 11.6 Å². The molecule has 0 saturated carbocycles. The summed E-state index contributed by atoms with van der Waals surface area (Å²) in [5.74, 6) is -0.698.